The monoisotopic (exact) mass is 278 g/mol. The first-order chi connectivity index (χ1) is 5.83. The smallest absolute Gasteiger partial charge is 0.789 e. The summed E-state index contributed by atoms with van der Waals surface area (Å²) in [5, 5.41) is 0. The zero-order valence-electron chi connectivity index (χ0n) is 9.17. The molecule has 0 radical (unpaired) electrons. The van der Waals surface area contributed by atoms with Crippen LogP contribution in [-0.4, -0.2) is 13.2 Å². The first-order valence-corrected chi connectivity index (χ1v) is 6.37. The molecule has 0 aliphatic rings. The van der Waals surface area contributed by atoms with Crippen molar-refractivity contribution in [2.75, 3.05) is 13.2 Å². The number of rotatable bonds is 6. The first-order valence-electron chi connectivity index (χ1n) is 3.45. The Kier molecular flexibility index (Phi) is 15.3. The zero-order chi connectivity index (χ0) is 10.5. The Labute approximate surface area is 133 Å². The Balaban J connectivity index is -0.000000720. The van der Waals surface area contributed by atoms with E-state index in [1.54, 1.807) is 0 Å². The molecule has 0 atom stereocenters. The first kappa shape index (κ1) is 22.4. The van der Waals surface area contributed by atoms with Gasteiger partial charge in [-0.3, -0.25) is 13.4 Å². The minimum absolute atomic E-state index is 0. The van der Waals surface area contributed by atoms with Crippen LogP contribution in [0.3, 0.4) is 0 Å². The van der Waals surface area contributed by atoms with Gasteiger partial charge in [0.15, 0.2) is 0 Å². The molecule has 0 aliphatic heterocycles. The van der Waals surface area contributed by atoms with Gasteiger partial charge in [0.1, 0.15) is 0 Å². The van der Waals surface area contributed by atoms with Crippen LogP contribution in [0, 0.1) is 0 Å². The molecular weight excluding hydrogens is 268 g/mol. The Morgan fingerprint density at radius 1 is 1.00 bits per heavy atom. The van der Waals surface area contributed by atoms with Crippen LogP contribution in [0.5, 0.6) is 0 Å². The molecule has 0 fully saturated rings. The summed E-state index contributed by atoms with van der Waals surface area (Å²) in [4.78, 5) is 20.2. The fourth-order valence-electron chi connectivity index (χ4n) is 0.523. The molecule has 0 aromatic heterocycles. The van der Waals surface area contributed by atoms with E-state index in [2.05, 4.69) is 13.4 Å². The number of hydrogen-bond donors (Lipinski definition) is 0. The van der Waals surface area contributed by atoms with Crippen LogP contribution in [0.15, 0.2) is 0 Å². The normalized spacial score (nSPS) is 11.5. The van der Waals surface area contributed by atoms with Gasteiger partial charge in [-0.1, -0.05) is 0 Å². The van der Waals surface area contributed by atoms with Crippen LogP contribution in [0.2, 0.25) is 0 Å². The van der Waals surface area contributed by atoms with Crippen LogP contribution >= 0.6 is 15.6 Å². The summed E-state index contributed by atoms with van der Waals surface area (Å²) >= 11 is 0. The molecule has 0 heterocycles. The largest absolute Gasteiger partial charge is 1.00 e. The SMILES string of the molecule is CCOP(=O)(OCC)OP(=O)([O-])[O-].[Na+].[Na+]. The fourth-order valence-corrected chi connectivity index (χ4v) is 2.59. The number of phosphoric ester groups is 1. The van der Waals surface area contributed by atoms with Gasteiger partial charge in [0.05, 0.1) is 21.0 Å². The molecule has 0 unspecified atom stereocenters. The molecule has 15 heavy (non-hydrogen) atoms. The Morgan fingerprint density at radius 3 is 1.53 bits per heavy atom. The van der Waals surface area contributed by atoms with E-state index < -0.39 is 15.6 Å². The van der Waals surface area contributed by atoms with Gasteiger partial charge in [0.25, 0.3) is 0 Å². The molecule has 0 aromatic rings. The average molecular weight is 278 g/mol. The molecule has 0 bridgehead atoms. The topological polar surface area (TPSA) is 108 Å². The van der Waals surface area contributed by atoms with Crippen molar-refractivity contribution in [3.8, 4) is 0 Å². The summed E-state index contributed by atoms with van der Waals surface area (Å²) < 4.78 is 33.7. The Bertz CT molecular complexity index is 231. The Morgan fingerprint density at radius 2 is 1.33 bits per heavy atom. The second-order valence-corrected chi connectivity index (χ2v) is 4.77. The molecule has 0 rings (SSSR count). The van der Waals surface area contributed by atoms with Crippen molar-refractivity contribution in [1.82, 2.24) is 0 Å². The van der Waals surface area contributed by atoms with Crippen LogP contribution in [-0.2, 0) is 22.5 Å². The zero-order valence-corrected chi connectivity index (χ0v) is 15.0. The standard InChI is InChI=1S/C4H12O7P2.2Na/c1-3-9-13(8,10-4-2)11-12(5,6)7;;/h3-4H2,1-2H3,(H2,5,6,7);;/q;2*+1/p-2. The van der Waals surface area contributed by atoms with E-state index >= 15 is 0 Å². The Hall–Kier alpha value is 2.26. The molecule has 0 saturated heterocycles. The summed E-state index contributed by atoms with van der Waals surface area (Å²) in [5.74, 6) is 0. The second kappa shape index (κ2) is 10.2. The molecule has 0 aromatic carbocycles. The van der Waals surface area contributed by atoms with Crippen molar-refractivity contribution in [2.24, 2.45) is 0 Å². The second-order valence-electron chi connectivity index (χ2n) is 1.81. The van der Waals surface area contributed by atoms with Crippen molar-refractivity contribution in [3.63, 3.8) is 0 Å². The third-order valence-electron chi connectivity index (χ3n) is 0.774. The van der Waals surface area contributed by atoms with Crippen molar-refractivity contribution in [1.29, 1.82) is 0 Å². The maximum absolute atomic E-state index is 11.2. The van der Waals surface area contributed by atoms with Gasteiger partial charge >= 0.3 is 66.9 Å². The molecule has 0 aliphatic carbocycles. The summed E-state index contributed by atoms with van der Waals surface area (Å²) in [5.41, 5.74) is 0. The van der Waals surface area contributed by atoms with E-state index in [0.717, 1.165) is 0 Å². The van der Waals surface area contributed by atoms with Gasteiger partial charge in [-0.25, -0.2) is 4.57 Å². The molecule has 7 nitrogen and oxygen atoms in total. The van der Waals surface area contributed by atoms with E-state index in [1.807, 2.05) is 0 Å². The summed E-state index contributed by atoms with van der Waals surface area (Å²) in [6.07, 6.45) is 0. The van der Waals surface area contributed by atoms with Gasteiger partial charge in [0.2, 0.25) is 0 Å². The third-order valence-corrected chi connectivity index (χ3v) is 3.52. The summed E-state index contributed by atoms with van der Waals surface area (Å²) in [7, 11) is -9.59. The summed E-state index contributed by atoms with van der Waals surface area (Å²) in [6, 6.07) is 0. The van der Waals surface area contributed by atoms with Gasteiger partial charge in [-0.05, 0) is 13.8 Å². The van der Waals surface area contributed by atoms with Crippen LogP contribution in [0.1, 0.15) is 13.8 Å². The van der Waals surface area contributed by atoms with Crippen molar-refractivity contribution in [3.05, 3.63) is 0 Å². The summed E-state index contributed by atoms with van der Waals surface area (Å²) in [6.45, 7) is 2.74. The van der Waals surface area contributed by atoms with Gasteiger partial charge in [0, 0.05) is 0 Å². The molecule has 80 valence electrons. The minimum atomic E-state index is -5.36. The molecule has 0 saturated carbocycles. The molecule has 0 spiro atoms. The van der Waals surface area contributed by atoms with Crippen molar-refractivity contribution in [2.45, 2.75) is 13.8 Å². The predicted molar refractivity (Wildman–Crippen MR) is 39.6 cm³/mol. The van der Waals surface area contributed by atoms with Crippen LogP contribution in [0.25, 0.3) is 0 Å². The van der Waals surface area contributed by atoms with Crippen molar-refractivity contribution < 1.29 is 91.4 Å². The molecular formula is C4H10Na2O7P2. The van der Waals surface area contributed by atoms with Gasteiger partial charge in [-0.2, -0.15) is 0 Å². The van der Waals surface area contributed by atoms with E-state index in [4.69, 9.17) is 0 Å². The van der Waals surface area contributed by atoms with Gasteiger partial charge < -0.3 is 14.4 Å². The van der Waals surface area contributed by atoms with E-state index in [9.17, 15) is 18.9 Å². The number of phosphoric acid groups is 2. The van der Waals surface area contributed by atoms with Crippen LogP contribution in [0.4, 0.5) is 0 Å². The minimum Gasteiger partial charge on any atom is -0.789 e. The van der Waals surface area contributed by atoms with Crippen molar-refractivity contribution >= 4 is 15.6 Å². The maximum atomic E-state index is 11.2. The van der Waals surface area contributed by atoms with Gasteiger partial charge in [-0.15, -0.1) is 0 Å². The maximum Gasteiger partial charge on any atom is 1.00 e. The van der Waals surface area contributed by atoms with E-state index in [-0.39, 0.29) is 72.3 Å². The predicted octanol–water partition coefficient (Wildman–Crippen LogP) is -5.98. The van der Waals surface area contributed by atoms with Crippen LogP contribution < -0.4 is 68.9 Å². The average Bonchev–Trinajstić information content (AvgIpc) is 1.82. The quantitative estimate of drug-likeness (QED) is 0.351. The fraction of sp³-hybridized carbons (Fsp3) is 1.00. The molecule has 11 heteroatoms. The third kappa shape index (κ3) is 12.5. The molecule has 0 N–H and O–H groups in total. The number of hydrogen-bond acceptors (Lipinski definition) is 7. The molecule has 0 amide bonds. The van der Waals surface area contributed by atoms with E-state index in [0.29, 0.717) is 0 Å². The van der Waals surface area contributed by atoms with E-state index in [1.165, 1.54) is 13.8 Å².